The van der Waals surface area contributed by atoms with Crippen molar-refractivity contribution in [3.05, 3.63) is 34.3 Å². The van der Waals surface area contributed by atoms with Crippen LogP contribution in [-0.4, -0.2) is 35.7 Å². The third-order valence-corrected chi connectivity index (χ3v) is 4.81. The van der Waals surface area contributed by atoms with Crippen LogP contribution in [-0.2, 0) is 4.74 Å². The SMILES string of the molecule is CCC(N)C(c1ccccc1Br)N1CC(C)OC(C)(C)C1. The highest BCUT2D eigenvalue weighted by atomic mass is 79.9. The molecule has 3 nitrogen and oxygen atoms in total. The molecule has 1 aromatic rings. The standard InChI is InChI=1S/C17H27BrN2O/c1-5-15(19)16(13-8-6-7-9-14(13)18)20-10-12(2)21-17(3,4)11-20/h6-9,12,15-16H,5,10-11,19H2,1-4H3. The van der Waals surface area contributed by atoms with Crippen molar-refractivity contribution < 1.29 is 4.74 Å². The second kappa shape index (κ2) is 6.78. The van der Waals surface area contributed by atoms with Gasteiger partial charge in [0.05, 0.1) is 17.7 Å². The second-order valence-electron chi connectivity index (χ2n) is 6.66. The monoisotopic (exact) mass is 354 g/mol. The molecule has 1 fully saturated rings. The van der Waals surface area contributed by atoms with Crippen LogP contribution in [0.25, 0.3) is 0 Å². The van der Waals surface area contributed by atoms with Gasteiger partial charge in [-0.1, -0.05) is 41.1 Å². The Hall–Kier alpha value is -0.420. The lowest BCUT2D eigenvalue weighted by atomic mass is 9.93. The van der Waals surface area contributed by atoms with Crippen molar-refractivity contribution in [1.82, 2.24) is 4.90 Å². The zero-order valence-electron chi connectivity index (χ0n) is 13.5. The Bertz CT molecular complexity index is 478. The van der Waals surface area contributed by atoms with Gasteiger partial charge >= 0.3 is 0 Å². The number of ether oxygens (including phenoxy) is 1. The third-order valence-electron chi connectivity index (χ3n) is 4.09. The maximum Gasteiger partial charge on any atom is 0.0757 e. The molecule has 0 spiro atoms. The van der Waals surface area contributed by atoms with E-state index >= 15 is 0 Å². The van der Waals surface area contributed by atoms with E-state index < -0.39 is 0 Å². The summed E-state index contributed by atoms with van der Waals surface area (Å²) in [6, 6.07) is 8.75. The first-order valence-electron chi connectivity index (χ1n) is 7.76. The van der Waals surface area contributed by atoms with Crippen LogP contribution in [0.2, 0.25) is 0 Å². The first kappa shape index (κ1) is 16.9. The molecule has 118 valence electrons. The normalized spacial score (nSPS) is 25.5. The van der Waals surface area contributed by atoms with E-state index in [9.17, 15) is 0 Å². The predicted molar refractivity (Wildman–Crippen MR) is 91.3 cm³/mol. The highest BCUT2D eigenvalue weighted by Crippen LogP contribution is 2.34. The fraction of sp³-hybridized carbons (Fsp3) is 0.647. The number of nitrogens with zero attached hydrogens (tertiary/aromatic N) is 1. The summed E-state index contributed by atoms with van der Waals surface area (Å²) in [5, 5.41) is 0. The minimum Gasteiger partial charge on any atom is -0.370 e. The summed E-state index contributed by atoms with van der Waals surface area (Å²) in [5.41, 5.74) is 7.62. The van der Waals surface area contributed by atoms with Crippen LogP contribution in [0.1, 0.15) is 45.7 Å². The van der Waals surface area contributed by atoms with E-state index in [1.54, 1.807) is 0 Å². The molecule has 0 saturated carbocycles. The molecule has 3 atom stereocenters. The Balaban J connectivity index is 2.35. The summed E-state index contributed by atoms with van der Waals surface area (Å²) in [7, 11) is 0. The molecular formula is C17H27BrN2O. The number of halogens is 1. The van der Waals surface area contributed by atoms with Crippen LogP contribution in [0.5, 0.6) is 0 Å². The van der Waals surface area contributed by atoms with Gasteiger partial charge in [-0.25, -0.2) is 0 Å². The topological polar surface area (TPSA) is 38.5 Å². The Morgan fingerprint density at radius 3 is 2.67 bits per heavy atom. The molecular weight excluding hydrogens is 328 g/mol. The molecule has 1 aliphatic heterocycles. The molecule has 2 rings (SSSR count). The van der Waals surface area contributed by atoms with Crippen molar-refractivity contribution in [1.29, 1.82) is 0 Å². The molecule has 1 saturated heterocycles. The van der Waals surface area contributed by atoms with Gasteiger partial charge in [0.15, 0.2) is 0 Å². The zero-order chi connectivity index (χ0) is 15.6. The molecule has 21 heavy (non-hydrogen) atoms. The molecule has 2 N–H and O–H groups in total. The molecule has 3 unspecified atom stereocenters. The summed E-state index contributed by atoms with van der Waals surface area (Å²) in [4.78, 5) is 2.49. The van der Waals surface area contributed by atoms with E-state index in [-0.39, 0.29) is 23.8 Å². The predicted octanol–water partition coefficient (Wildman–Crippen LogP) is 3.73. The van der Waals surface area contributed by atoms with E-state index in [0.29, 0.717) is 0 Å². The van der Waals surface area contributed by atoms with Crippen molar-refractivity contribution in [3.63, 3.8) is 0 Å². The number of hydrogen-bond donors (Lipinski definition) is 1. The van der Waals surface area contributed by atoms with Gasteiger partial charge in [-0.3, -0.25) is 4.90 Å². The summed E-state index contributed by atoms with van der Waals surface area (Å²) in [6.07, 6.45) is 1.18. The summed E-state index contributed by atoms with van der Waals surface area (Å²) in [6.45, 7) is 10.4. The summed E-state index contributed by atoms with van der Waals surface area (Å²) in [5.74, 6) is 0. The van der Waals surface area contributed by atoms with E-state index in [4.69, 9.17) is 10.5 Å². The fourth-order valence-corrected chi connectivity index (χ4v) is 3.87. The molecule has 0 bridgehead atoms. The Morgan fingerprint density at radius 1 is 1.43 bits per heavy atom. The quantitative estimate of drug-likeness (QED) is 0.895. The molecule has 0 aromatic heterocycles. The second-order valence-corrected chi connectivity index (χ2v) is 7.51. The van der Waals surface area contributed by atoms with Crippen molar-refractivity contribution >= 4 is 15.9 Å². The van der Waals surface area contributed by atoms with E-state index in [2.05, 4.69) is 66.7 Å². The maximum absolute atomic E-state index is 6.48. The van der Waals surface area contributed by atoms with Crippen LogP contribution < -0.4 is 5.73 Å². The lowest BCUT2D eigenvalue weighted by molar-refractivity contribution is -0.140. The Labute approximate surface area is 137 Å². The Kier molecular flexibility index (Phi) is 5.47. The lowest BCUT2D eigenvalue weighted by Crippen LogP contribution is -2.55. The number of rotatable bonds is 4. The zero-order valence-corrected chi connectivity index (χ0v) is 15.1. The number of hydrogen-bond acceptors (Lipinski definition) is 3. The molecule has 0 amide bonds. The molecule has 0 radical (unpaired) electrons. The number of benzene rings is 1. The molecule has 1 aromatic carbocycles. The minimum absolute atomic E-state index is 0.116. The molecule has 1 heterocycles. The van der Waals surface area contributed by atoms with Crippen LogP contribution >= 0.6 is 15.9 Å². The maximum atomic E-state index is 6.48. The average molecular weight is 355 g/mol. The minimum atomic E-state index is -0.134. The van der Waals surface area contributed by atoms with Crippen molar-refractivity contribution in [2.45, 2.75) is 57.9 Å². The highest BCUT2D eigenvalue weighted by Gasteiger charge is 2.37. The number of morpholine rings is 1. The molecule has 4 heteroatoms. The van der Waals surface area contributed by atoms with Crippen molar-refractivity contribution in [2.75, 3.05) is 13.1 Å². The number of nitrogens with two attached hydrogens (primary N) is 1. The van der Waals surface area contributed by atoms with Crippen LogP contribution in [0.3, 0.4) is 0 Å². The smallest absolute Gasteiger partial charge is 0.0757 e. The van der Waals surface area contributed by atoms with Gasteiger partial charge in [0.2, 0.25) is 0 Å². The third kappa shape index (κ3) is 4.07. The van der Waals surface area contributed by atoms with Gasteiger partial charge in [-0.2, -0.15) is 0 Å². The van der Waals surface area contributed by atoms with Gasteiger partial charge in [-0.15, -0.1) is 0 Å². The summed E-state index contributed by atoms with van der Waals surface area (Å²) < 4.78 is 7.17. The van der Waals surface area contributed by atoms with Crippen LogP contribution in [0.4, 0.5) is 0 Å². The van der Waals surface area contributed by atoms with E-state index in [0.717, 1.165) is 24.0 Å². The summed E-state index contributed by atoms with van der Waals surface area (Å²) >= 11 is 3.69. The van der Waals surface area contributed by atoms with Crippen molar-refractivity contribution in [3.8, 4) is 0 Å². The van der Waals surface area contributed by atoms with E-state index in [1.807, 2.05) is 6.07 Å². The lowest BCUT2D eigenvalue weighted by Gasteiger charge is -2.46. The fourth-order valence-electron chi connectivity index (χ4n) is 3.35. The van der Waals surface area contributed by atoms with Crippen LogP contribution in [0.15, 0.2) is 28.7 Å². The molecule has 1 aliphatic rings. The average Bonchev–Trinajstić information content (AvgIpc) is 2.38. The van der Waals surface area contributed by atoms with Gasteiger partial charge in [-0.05, 0) is 38.8 Å². The highest BCUT2D eigenvalue weighted by molar-refractivity contribution is 9.10. The van der Waals surface area contributed by atoms with Gasteiger partial charge in [0.1, 0.15) is 0 Å². The van der Waals surface area contributed by atoms with Gasteiger partial charge in [0, 0.05) is 23.6 Å². The van der Waals surface area contributed by atoms with Crippen LogP contribution in [0, 0.1) is 0 Å². The Morgan fingerprint density at radius 2 is 2.10 bits per heavy atom. The van der Waals surface area contributed by atoms with Gasteiger partial charge < -0.3 is 10.5 Å². The largest absolute Gasteiger partial charge is 0.370 e. The first-order valence-corrected chi connectivity index (χ1v) is 8.55. The van der Waals surface area contributed by atoms with Gasteiger partial charge in [0.25, 0.3) is 0 Å². The first-order chi connectivity index (χ1) is 9.84. The van der Waals surface area contributed by atoms with Crippen molar-refractivity contribution in [2.24, 2.45) is 5.73 Å². The molecule has 0 aliphatic carbocycles. The van der Waals surface area contributed by atoms with E-state index in [1.165, 1.54) is 5.56 Å².